The van der Waals surface area contributed by atoms with Crippen LogP contribution in [0.25, 0.3) is 0 Å². The van der Waals surface area contributed by atoms with Crippen LogP contribution in [-0.4, -0.2) is 23.5 Å². The van der Waals surface area contributed by atoms with Crippen LogP contribution >= 0.6 is 0 Å². The van der Waals surface area contributed by atoms with Crippen LogP contribution in [0.2, 0.25) is 0 Å². The highest BCUT2D eigenvalue weighted by molar-refractivity contribution is 5.93. The van der Waals surface area contributed by atoms with Crippen LogP contribution < -0.4 is 11.1 Å². The number of nitrogens with zero attached hydrogens (tertiary/aromatic N) is 1. The number of aromatic nitrogens is 1. The van der Waals surface area contributed by atoms with Crippen molar-refractivity contribution in [2.75, 3.05) is 6.54 Å². The fraction of sp³-hybridized carbons (Fsp3) is 0.333. The molecule has 1 rings (SSSR count). The van der Waals surface area contributed by atoms with Gasteiger partial charge in [-0.15, -0.1) is 0 Å². The SMILES string of the molecule is CC(N)CNC(=O)c1cccnc1. The van der Waals surface area contributed by atoms with Crippen LogP contribution in [-0.2, 0) is 0 Å². The van der Waals surface area contributed by atoms with E-state index in [4.69, 9.17) is 5.73 Å². The summed E-state index contributed by atoms with van der Waals surface area (Å²) in [5, 5.41) is 2.69. The van der Waals surface area contributed by atoms with Gasteiger partial charge in [-0.2, -0.15) is 0 Å². The first-order valence-electron chi connectivity index (χ1n) is 4.14. The van der Waals surface area contributed by atoms with Crippen molar-refractivity contribution in [2.45, 2.75) is 13.0 Å². The molecule has 0 aliphatic carbocycles. The van der Waals surface area contributed by atoms with Gasteiger partial charge in [0.1, 0.15) is 0 Å². The second-order valence-corrected chi connectivity index (χ2v) is 2.93. The highest BCUT2D eigenvalue weighted by Gasteiger charge is 2.04. The summed E-state index contributed by atoms with van der Waals surface area (Å²) < 4.78 is 0. The predicted octanol–water partition coefficient (Wildman–Crippen LogP) is 0.159. The largest absolute Gasteiger partial charge is 0.350 e. The summed E-state index contributed by atoms with van der Waals surface area (Å²) in [6.45, 7) is 2.32. The molecule has 1 amide bonds. The average Bonchev–Trinajstić information content (AvgIpc) is 2.15. The molecule has 3 N–H and O–H groups in total. The Hall–Kier alpha value is -1.42. The fourth-order valence-corrected chi connectivity index (χ4v) is 0.853. The molecule has 0 bridgehead atoms. The Bertz CT molecular complexity index is 271. The molecule has 4 heteroatoms. The molecule has 0 radical (unpaired) electrons. The maximum atomic E-state index is 11.3. The second-order valence-electron chi connectivity index (χ2n) is 2.93. The van der Waals surface area contributed by atoms with E-state index in [9.17, 15) is 4.79 Å². The van der Waals surface area contributed by atoms with Crippen molar-refractivity contribution in [3.05, 3.63) is 30.1 Å². The highest BCUT2D eigenvalue weighted by atomic mass is 16.1. The Labute approximate surface area is 77.2 Å². The molecule has 0 spiro atoms. The van der Waals surface area contributed by atoms with Gasteiger partial charge in [-0.1, -0.05) is 0 Å². The molecular formula is C9H13N3O. The Morgan fingerprint density at radius 2 is 2.54 bits per heavy atom. The lowest BCUT2D eigenvalue weighted by molar-refractivity contribution is 0.0951. The lowest BCUT2D eigenvalue weighted by Gasteiger charge is -2.06. The van der Waals surface area contributed by atoms with E-state index in [1.54, 1.807) is 18.3 Å². The molecule has 1 aromatic heterocycles. The van der Waals surface area contributed by atoms with Crippen molar-refractivity contribution in [3.63, 3.8) is 0 Å². The van der Waals surface area contributed by atoms with Gasteiger partial charge < -0.3 is 11.1 Å². The molecule has 70 valence electrons. The van der Waals surface area contributed by atoms with Crippen molar-refractivity contribution in [3.8, 4) is 0 Å². The maximum Gasteiger partial charge on any atom is 0.252 e. The molecule has 0 aromatic carbocycles. The quantitative estimate of drug-likeness (QED) is 0.694. The van der Waals surface area contributed by atoms with E-state index in [1.165, 1.54) is 6.20 Å². The predicted molar refractivity (Wildman–Crippen MR) is 50.2 cm³/mol. The molecule has 0 saturated carbocycles. The number of hydrogen-bond donors (Lipinski definition) is 2. The zero-order chi connectivity index (χ0) is 9.68. The van der Waals surface area contributed by atoms with E-state index >= 15 is 0 Å². The van der Waals surface area contributed by atoms with Crippen molar-refractivity contribution < 1.29 is 4.79 Å². The molecule has 0 fully saturated rings. The van der Waals surface area contributed by atoms with Crippen molar-refractivity contribution in [1.82, 2.24) is 10.3 Å². The monoisotopic (exact) mass is 179 g/mol. The number of hydrogen-bond acceptors (Lipinski definition) is 3. The standard InChI is InChI=1S/C9H13N3O/c1-7(10)5-12-9(13)8-3-2-4-11-6-8/h2-4,6-7H,5,10H2,1H3,(H,12,13). The summed E-state index contributed by atoms with van der Waals surface area (Å²) >= 11 is 0. The molecule has 0 aliphatic heterocycles. The Kier molecular flexibility index (Phi) is 3.40. The minimum Gasteiger partial charge on any atom is -0.350 e. The zero-order valence-corrected chi connectivity index (χ0v) is 7.53. The minimum absolute atomic E-state index is 0.0272. The summed E-state index contributed by atoms with van der Waals surface area (Å²) in [7, 11) is 0. The topological polar surface area (TPSA) is 68.0 Å². The van der Waals surface area contributed by atoms with Gasteiger partial charge in [0, 0.05) is 25.0 Å². The van der Waals surface area contributed by atoms with Crippen LogP contribution in [0.15, 0.2) is 24.5 Å². The third-order valence-electron chi connectivity index (χ3n) is 1.51. The lowest BCUT2D eigenvalue weighted by Crippen LogP contribution is -2.35. The molecule has 1 unspecified atom stereocenters. The third kappa shape index (κ3) is 3.21. The number of nitrogens with two attached hydrogens (primary N) is 1. The van der Waals surface area contributed by atoms with Crippen molar-refractivity contribution in [2.24, 2.45) is 5.73 Å². The van der Waals surface area contributed by atoms with E-state index in [1.807, 2.05) is 6.92 Å². The maximum absolute atomic E-state index is 11.3. The number of pyridine rings is 1. The first-order valence-corrected chi connectivity index (χ1v) is 4.14. The Balaban J connectivity index is 2.50. The molecule has 0 aliphatic rings. The first-order chi connectivity index (χ1) is 6.20. The van der Waals surface area contributed by atoms with E-state index < -0.39 is 0 Å². The molecule has 1 atom stereocenters. The number of carbonyl (C=O) groups excluding carboxylic acids is 1. The van der Waals surface area contributed by atoms with Gasteiger partial charge in [-0.3, -0.25) is 9.78 Å². The molecule has 4 nitrogen and oxygen atoms in total. The number of carbonyl (C=O) groups is 1. The van der Waals surface area contributed by atoms with Crippen LogP contribution in [0.1, 0.15) is 17.3 Å². The summed E-state index contributed by atoms with van der Waals surface area (Å²) in [6, 6.07) is 3.41. The van der Waals surface area contributed by atoms with E-state index in [0.717, 1.165) is 0 Å². The summed E-state index contributed by atoms with van der Waals surface area (Å²) in [5.74, 6) is -0.134. The molecule has 0 saturated heterocycles. The van der Waals surface area contributed by atoms with Crippen molar-refractivity contribution >= 4 is 5.91 Å². The number of amides is 1. The molecule has 1 heterocycles. The van der Waals surface area contributed by atoms with Crippen molar-refractivity contribution in [1.29, 1.82) is 0 Å². The van der Waals surface area contributed by atoms with E-state index in [-0.39, 0.29) is 11.9 Å². The smallest absolute Gasteiger partial charge is 0.252 e. The summed E-state index contributed by atoms with van der Waals surface area (Å²) in [6.07, 6.45) is 3.15. The summed E-state index contributed by atoms with van der Waals surface area (Å²) in [4.78, 5) is 15.2. The normalized spacial score (nSPS) is 12.2. The molecule has 1 aromatic rings. The van der Waals surface area contributed by atoms with E-state index in [2.05, 4.69) is 10.3 Å². The Morgan fingerprint density at radius 3 is 3.08 bits per heavy atom. The minimum atomic E-state index is -0.134. The van der Waals surface area contributed by atoms with Gasteiger partial charge in [0.2, 0.25) is 0 Å². The average molecular weight is 179 g/mol. The zero-order valence-electron chi connectivity index (χ0n) is 7.53. The first kappa shape index (κ1) is 9.67. The molecule has 13 heavy (non-hydrogen) atoms. The van der Waals surface area contributed by atoms with E-state index in [0.29, 0.717) is 12.1 Å². The van der Waals surface area contributed by atoms with Gasteiger partial charge in [-0.05, 0) is 19.1 Å². The molecular weight excluding hydrogens is 166 g/mol. The Morgan fingerprint density at radius 1 is 1.77 bits per heavy atom. The second kappa shape index (κ2) is 4.57. The highest BCUT2D eigenvalue weighted by Crippen LogP contribution is 1.94. The summed E-state index contributed by atoms with van der Waals surface area (Å²) in [5.41, 5.74) is 6.05. The van der Waals surface area contributed by atoms with Gasteiger partial charge in [0.15, 0.2) is 0 Å². The van der Waals surface area contributed by atoms with Gasteiger partial charge >= 0.3 is 0 Å². The number of nitrogens with one attached hydrogen (secondary N) is 1. The van der Waals surface area contributed by atoms with Gasteiger partial charge in [-0.25, -0.2) is 0 Å². The third-order valence-corrected chi connectivity index (χ3v) is 1.51. The van der Waals surface area contributed by atoms with Gasteiger partial charge in [0.05, 0.1) is 5.56 Å². The number of rotatable bonds is 3. The van der Waals surface area contributed by atoms with Crippen LogP contribution in [0.5, 0.6) is 0 Å². The van der Waals surface area contributed by atoms with Crippen LogP contribution in [0.3, 0.4) is 0 Å². The lowest BCUT2D eigenvalue weighted by atomic mass is 10.2. The van der Waals surface area contributed by atoms with Gasteiger partial charge in [0.25, 0.3) is 5.91 Å². The fourth-order valence-electron chi connectivity index (χ4n) is 0.853. The van der Waals surface area contributed by atoms with Crippen LogP contribution in [0.4, 0.5) is 0 Å². The van der Waals surface area contributed by atoms with Crippen LogP contribution in [0, 0.1) is 0 Å².